The van der Waals surface area contributed by atoms with E-state index in [1.165, 1.54) is 96.3 Å². The SMILES string of the molecule is CCCCCCCCCCCC=CCCCCCCCCC(CC)(P(=O)=O)[N+](C)(C)C. The predicted molar refractivity (Wildman–Crippen MR) is 137 cm³/mol. The third-order valence-corrected chi connectivity index (χ3v) is 8.81. The molecule has 0 aromatic rings. The maximum absolute atomic E-state index is 11.9. The van der Waals surface area contributed by atoms with Crippen LogP contribution in [0.5, 0.6) is 0 Å². The van der Waals surface area contributed by atoms with E-state index < -0.39 is 13.0 Å². The van der Waals surface area contributed by atoms with Crippen LogP contribution in [0, 0.1) is 0 Å². The molecule has 0 bridgehead atoms. The molecule has 3 nitrogen and oxygen atoms in total. The smallest absolute Gasteiger partial charge is 0.314 e. The van der Waals surface area contributed by atoms with Gasteiger partial charge in [0.2, 0.25) is 5.28 Å². The van der Waals surface area contributed by atoms with Crippen LogP contribution in [0.2, 0.25) is 0 Å². The van der Waals surface area contributed by atoms with Crippen molar-refractivity contribution in [2.75, 3.05) is 21.1 Å². The zero-order valence-corrected chi connectivity index (χ0v) is 22.7. The second-order valence-electron chi connectivity index (χ2n) is 10.4. The van der Waals surface area contributed by atoms with Gasteiger partial charge in [-0.25, -0.2) is 9.13 Å². The monoisotopic (exact) mass is 456 g/mol. The number of hydrogen-bond acceptors (Lipinski definition) is 2. The van der Waals surface area contributed by atoms with Gasteiger partial charge in [0.15, 0.2) is 0 Å². The van der Waals surface area contributed by atoms with Gasteiger partial charge in [-0.2, -0.15) is 0 Å². The van der Waals surface area contributed by atoms with E-state index in [9.17, 15) is 9.13 Å². The summed E-state index contributed by atoms with van der Waals surface area (Å²) in [6.45, 7) is 4.29. The maximum Gasteiger partial charge on any atom is 0.378 e. The quantitative estimate of drug-likeness (QED) is 0.0703. The van der Waals surface area contributed by atoms with Crippen LogP contribution in [-0.4, -0.2) is 30.9 Å². The number of rotatable bonds is 22. The number of quaternary nitrogens is 1. The van der Waals surface area contributed by atoms with Crippen LogP contribution in [0.25, 0.3) is 0 Å². The van der Waals surface area contributed by atoms with Crippen molar-refractivity contribution in [2.24, 2.45) is 0 Å². The molecule has 0 amide bonds. The minimum Gasteiger partial charge on any atom is -0.314 e. The van der Waals surface area contributed by atoms with Gasteiger partial charge >= 0.3 is 7.68 Å². The predicted octanol–water partition coefficient (Wildman–Crippen LogP) is 9.57. The fourth-order valence-corrected chi connectivity index (χ4v) is 5.73. The first-order chi connectivity index (χ1) is 14.8. The molecule has 0 spiro atoms. The van der Waals surface area contributed by atoms with Gasteiger partial charge < -0.3 is 4.48 Å². The maximum atomic E-state index is 11.9. The highest BCUT2D eigenvalue weighted by Crippen LogP contribution is 2.43. The average Bonchev–Trinajstić information content (AvgIpc) is 2.71. The molecule has 0 aliphatic rings. The lowest BCUT2D eigenvalue weighted by Crippen LogP contribution is -2.53. The second kappa shape index (κ2) is 19.1. The highest BCUT2D eigenvalue weighted by Gasteiger charge is 2.46. The Kier molecular flexibility index (Phi) is 18.9. The van der Waals surface area contributed by atoms with E-state index in [1.807, 2.05) is 28.1 Å². The Morgan fingerprint density at radius 2 is 1.00 bits per heavy atom. The van der Waals surface area contributed by atoms with Crippen molar-refractivity contribution in [3.05, 3.63) is 12.2 Å². The summed E-state index contributed by atoms with van der Waals surface area (Å²) in [5, 5.41) is -0.602. The van der Waals surface area contributed by atoms with E-state index in [2.05, 4.69) is 19.1 Å². The molecule has 4 heteroatoms. The van der Waals surface area contributed by atoms with Crippen LogP contribution in [0.1, 0.15) is 136 Å². The first-order valence-electron chi connectivity index (χ1n) is 13.4. The summed E-state index contributed by atoms with van der Waals surface area (Å²) in [7, 11) is 3.62. The lowest BCUT2D eigenvalue weighted by atomic mass is 10.0. The first kappa shape index (κ1) is 30.6. The Hall–Kier alpha value is -0.400. The molecule has 0 aliphatic carbocycles. The Labute approximate surface area is 195 Å². The molecule has 1 unspecified atom stereocenters. The van der Waals surface area contributed by atoms with E-state index in [-0.39, 0.29) is 0 Å². The highest BCUT2D eigenvalue weighted by molar-refractivity contribution is 7.32. The molecular weight excluding hydrogens is 401 g/mol. The standard InChI is InChI=1S/C27H55NO2P/c1-6-8-9-10-11-12-13-14-15-16-17-18-19-20-21-22-23-24-25-26-27(7-2,31(29)30)28(3,4)5/h17-18H,6-16,19-26H2,1-5H3/q+1. The van der Waals surface area contributed by atoms with Crippen molar-refractivity contribution >= 4 is 7.68 Å². The van der Waals surface area contributed by atoms with Crippen LogP contribution >= 0.6 is 7.68 Å². The molecule has 0 heterocycles. The van der Waals surface area contributed by atoms with E-state index in [1.54, 1.807) is 0 Å². The Bertz CT molecular complexity index is 500. The Morgan fingerprint density at radius 3 is 1.35 bits per heavy atom. The van der Waals surface area contributed by atoms with Crippen LogP contribution in [-0.2, 0) is 9.13 Å². The third kappa shape index (κ3) is 14.4. The van der Waals surface area contributed by atoms with Crippen molar-refractivity contribution in [1.82, 2.24) is 0 Å². The minimum atomic E-state index is -2.42. The van der Waals surface area contributed by atoms with Crippen LogP contribution in [0.4, 0.5) is 0 Å². The highest BCUT2D eigenvalue weighted by atomic mass is 31.1. The van der Waals surface area contributed by atoms with E-state index >= 15 is 0 Å². The van der Waals surface area contributed by atoms with Crippen LogP contribution in [0.3, 0.4) is 0 Å². The van der Waals surface area contributed by atoms with Crippen molar-refractivity contribution in [3.8, 4) is 0 Å². The summed E-state index contributed by atoms with van der Waals surface area (Å²) in [4.78, 5) is 0. The Balaban J connectivity index is 3.57. The van der Waals surface area contributed by atoms with Crippen molar-refractivity contribution < 1.29 is 13.6 Å². The van der Waals surface area contributed by atoms with Gasteiger partial charge in [0.05, 0.1) is 21.1 Å². The van der Waals surface area contributed by atoms with Gasteiger partial charge in [0, 0.05) is 12.8 Å². The zero-order chi connectivity index (χ0) is 23.4. The largest absolute Gasteiger partial charge is 0.378 e. The van der Waals surface area contributed by atoms with Gasteiger partial charge in [-0.1, -0.05) is 103 Å². The molecule has 0 aromatic heterocycles. The molecule has 0 fully saturated rings. The molecule has 31 heavy (non-hydrogen) atoms. The van der Waals surface area contributed by atoms with Crippen LogP contribution < -0.4 is 0 Å². The topological polar surface area (TPSA) is 34.1 Å². The molecule has 0 rings (SSSR count). The van der Waals surface area contributed by atoms with Crippen molar-refractivity contribution in [3.63, 3.8) is 0 Å². The summed E-state index contributed by atoms with van der Waals surface area (Å²) < 4.78 is 24.4. The summed E-state index contributed by atoms with van der Waals surface area (Å²) in [5.74, 6) is 0. The van der Waals surface area contributed by atoms with Gasteiger partial charge in [-0.3, -0.25) is 0 Å². The van der Waals surface area contributed by atoms with E-state index in [4.69, 9.17) is 0 Å². The normalized spacial score (nSPS) is 14.2. The van der Waals surface area contributed by atoms with E-state index in [0.717, 1.165) is 19.3 Å². The van der Waals surface area contributed by atoms with Gasteiger partial charge in [-0.15, -0.1) is 0 Å². The lowest BCUT2D eigenvalue weighted by molar-refractivity contribution is -0.908. The van der Waals surface area contributed by atoms with E-state index in [0.29, 0.717) is 10.9 Å². The van der Waals surface area contributed by atoms with Crippen molar-refractivity contribution in [2.45, 2.75) is 141 Å². The molecule has 0 saturated heterocycles. The average molecular weight is 457 g/mol. The number of hydrogen-bond donors (Lipinski definition) is 0. The number of allylic oxidation sites excluding steroid dienone is 2. The van der Waals surface area contributed by atoms with Crippen LogP contribution in [0.15, 0.2) is 12.2 Å². The first-order valence-corrected chi connectivity index (χ1v) is 14.6. The Morgan fingerprint density at radius 1 is 0.613 bits per heavy atom. The summed E-state index contributed by atoms with van der Waals surface area (Å²) >= 11 is 0. The van der Waals surface area contributed by atoms with Gasteiger partial charge in [-0.05, 0) is 32.1 Å². The number of unbranched alkanes of at least 4 members (excludes halogenated alkanes) is 15. The second-order valence-corrected chi connectivity index (χ2v) is 11.7. The summed E-state index contributed by atoms with van der Waals surface area (Å²) in [5.41, 5.74) is 0. The molecule has 0 aliphatic heterocycles. The zero-order valence-electron chi connectivity index (χ0n) is 21.8. The molecule has 0 N–H and O–H groups in total. The molecule has 1 atom stereocenters. The molecule has 0 aromatic carbocycles. The third-order valence-electron chi connectivity index (χ3n) is 6.99. The molecule has 184 valence electrons. The fourth-order valence-electron chi connectivity index (χ4n) is 4.64. The van der Waals surface area contributed by atoms with Crippen molar-refractivity contribution in [1.29, 1.82) is 0 Å². The summed E-state index contributed by atoms with van der Waals surface area (Å²) in [6, 6.07) is 0. The molecule has 0 saturated carbocycles. The fraction of sp³-hybridized carbons (Fsp3) is 0.926. The van der Waals surface area contributed by atoms with Gasteiger partial charge in [0.25, 0.3) is 0 Å². The number of nitrogens with zero attached hydrogens (tertiary/aromatic N) is 1. The summed E-state index contributed by atoms with van der Waals surface area (Å²) in [6.07, 6.45) is 28.6. The lowest BCUT2D eigenvalue weighted by Gasteiger charge is -2.40. The molecule has 0 radical (unpaired) electrons. The van der Waals surface area contributed by atoms with Gasteiger partial charge in [0.1, 0.15) is 0 Å². The molecular formula is C27H55NO2P+. The minimum absolute atomic E-state index is 0.508.